The summed E-state index contributed by atoms with van der Waals surface area (Å²) < 4.78 is 5.20. The van der Waals surface area contributed by atoms with Gasteiger partial charge < -0.3 is 14.6 Å². The molecular weight excluding hydrogens is 348 g/mol. The summed E-state index contributed by atoms with van der Waals surface area (Å²) in [6.07, 6.45) is 5.91. The molecule has 0 saturated heterocycles. The Morgan fingerprint density at radius 1 is 1.19 bits per heavy atom. The minimum atomic E-state index is 0.763. The van der Waals surface area contributed by atoms with Gasteiger partial charge in [0.15, 0.2) is 0 Å². The molecule has 0 unspecified atom stereocenters. The highest BCUT2D eigenvalue weighted by Crippen LogP contribution is 2.24. The van der Waals surface area contributed by atoms with Gasteiger partial charge >= 0.3 is 0 Å². The molecule has 0 amide bonds. The highest BCUT2D eigenvalue weighted by atomic mass is 35.5. The molecule has 0 radical (unpaired) electrons. The molecule has 1 aliphatic heterocycles. The largest absolute Gasteiger partial charge is 0.497 e. The Balaban J connectivity index is 1.32. The summed E-state index contributed by atoms with van der Waals surface area (Å²) in [6.45, 7) is 1.65. The number of hydrogen-bond donors (Lipinski definition) is 1. The summed E-state index contributed by atoms with van der Waals surface area (Å²) in [4.78, 5) is 9.28. The van der Waals surface area contributed by atoms with Crippen LogP contribution in [0.2, 0.25) is 5.02 Å². The Kier molecular flexibility index (Phi) is 4.87. The van der Waals surface area contributed by atoms with E-state index in [0.717, 1.165) is 48.0 Å². The van der Waals surface area contributed by atoms with Crippen LogP contribution in [0.15, 0.2) is 60.5 Å². The van der Waals surface area contributed by atoms with Crippen molar-refractivity contribution in [3.8, 4) is 5.75 Å². The van der Waals surface area contributed by atoms with Crippen LogP contribution in [0.3, 0.4) is 0 Å². The number of ether oxygens (including phenoxy) is 1. The van der Waals surface area contributed by atoms with Gasteiger partial charge in [-0.1, -0.05) is 23.7 Å². The van der Waals surface area contributed by atoms with Crippen LogP contribution in [-0.2, 0) is 17.7 Å². The van der Waals surface area contributed by atoms with E-state index < -0.39 is 0 Å². The van der Waals surface area contributed by atoms with Crippen molar-refractivity contribution in [3.05, 3.63) is 76.6 Å². The fourth-order valence-corrected chi connectivity index (χ4v) is 3.40. The molecular formula is C21H21ClN2O2. The number of aromatic nitrogens is 1. The molecule has 0 saturated carbocycles. The third-order valence-corrected chi connectivity index (χ3v) is 4.90. The van der Waals surface area contributed by atoms with E-state index in [2.05, 4.69) is 29.4 Å². The zero-order valence-corrected chi connectivity index (χ0v) is 15.4. The molecule has 4 nitrogen and oxygen atoms in total. The number of allylic oxidation sites excluding steroid dienone is 1. The monoisotopic (exact) mass is 368 g/mol. The molecule has 0 atom stereocenters. The molecule has 1 N–H and O–H groups in total. The first-order valence-electron chi connectivity index (χ1n) is 8.71. The van der Waals surface area contributed by atoms with Crippen LogP contribution in [-0.4, -0.2) is 30.2 Å². The number of fused-ring (bicyclic) bond motifs is 1. The molecule has 3 aromatic rings. The van der Waals surface area contributed by atoms with Gasteiger partial charge in [0.2, 0.25) is 0 Å². The Labute approximate surface area is 157 Å². The minimum absolute atomic E-state index is 0.763. The number of rotatable bonds is 6. The topological polar surface area (TPSA) is 37.5 Å². The number of benzene rings is 2. The molecule has 0 spiro atoms. The lowest BCUT2D eigenvalue weighted by atomic mass is 10.1. The summed E-state index contributed by atoms with van der Waals surface area (Å²) in [7, 11) is 1.68. The van der Waals surface area contributed by atoms with Crippen LogP contribution in [0.1, 0.15) is 11.1 Å². The van der Waals surface area contributed by atoms with Gasteiger partial charge in [-0.2, -0.15) is 0 Å². The number of H-pyrrole nitrogens is 1. The second-order valence-corrected chi connectivity index (χ2v) is 6.86. The molecule has 1 aliphatic rings. The fraction of sp³-hybridized carbons (Fsp3) is 0.238. The lowest BCUT2D eigenvalue weighted by Gasteiger charge is -2.16. The summed E-state index contributed by atoms with van der Waals surface area (Å²) >= 11 is 6.12. The van der Waals surface area contributed by atoms with Crippen molar-refractivity contribution in [1.82, 2.24) is 10.0 Å². The summed E-state index contributed by atoms with van der Waals surface area (Å²) in [5.74, 6) is 1.87. The van der Waals surface area contributed by atoms with E-state index in [1.54, 1.807) is 7.11 Å². The molecule has 0 fully saturated rings. The molecule has 0 aliphatic carbocycles. The van der Waals surface area contributed by atoms with Crippen LogP contribution in [0.25, 0.3) is 10.9 Å². The smallest absolute Gasteiger partial charge is 0.126 e. The van der Waals surface area contributed by atoms with Crippen LogP contribution >= 0.6 is 11.6 Å². The van der Waals surface area contributed by atoms with Crippen molar-refractivity contribution in [2.24, 2.45) is 0 Å². The zero-order valence-electron chi connectivity index (χ0n) is 14.7. The van der Waals surface area contributed by atoms with E-state index >= 15 is 0 Å². The number of methoxy groups -OCH3 is 1. The summed E-state index contributed by atoms with van der Waals surface area (Å²) in [5, 5.41) is 3.95. The maximum absolute atomic E-state index is 6.12. The average Bonchev–Trinajstić information content (AvgIpc) is 3.27. The Bertz CT molecular complexity index is 931. The van der Waals surface area contributed by atoms with Gasteiger partial charge in [-0.05, 0) is 54.0 Å². The maximum atomic E-state index is 6.12. The molecule has 2 heterocycles. The van der Waals surface area contributed by atoms with E-state index in [1.165, 1.54) is 16.5 Å². The van der Waals surface area contributed by atoms with Crippen molar-refractivity contribution in [3.63, 3.8) is 0 Å². The number of halogens is 1. The van der Waals surface area contributed by atoms with Crippen LogP contribution < -0.4 is 4.74 Å². The highest BCUT2D eigenvalue weighted by molar-refractivity contribution is 6.31. The molecule has 5 heteroatoms. The molecule has 134 valence electrons. The fourth-order valence-electron chi connectivity index (χ4n) is 3.23. The standard InChI is InChI=1S/C21H21ClN2O2/c1-25-18-5-2-15(3-6-18)12-19-9-11-24(26-19)10-8-16-14-23-21-7-4-17(22)13-20(16)21/h2-7,9,13-14,23H,8,10-12H2,1H3. The predicted octanol–water partition coefficient (Wildman–Crippen LogP) is 4.75. The molecule has 4 rings (SSSR count). The number of hydrogen-bond acceptors (Lipinski definition) is 3. The number of nitrogens with zero attached hydrogens (tertiary/aromatic N) is 1. The first-order valence-corrected chi connectivity index (χ1v) is 9.09. The van der Waals surface area contributed by atoms with E-state index in [9.17, 15) is 0 Å². The Hall–Kier alpha value is -2.43. The Morgan fingerprint density at radius 3 is 2.85 bits per heavy atom. The van der Waals surface area contributed by atoms with Crippen molar-refractivity contribution in [2.45, 2.75) is 12.8 Å². The van der Waals surface area contributed by atoms with Crippen LogP contribution in [0, 0.1) is 0 Å². The van der Waals surface area contributed by atoms with Crippen molar-refractivity contribution >= 4 is 22.5 Å². The summed E-state index contributed by atoms with van der Waals surface area (Å²) in [5.41, 5.74) is 3.59. The van der Waals surface area contributed by atoms with Crippen molar-refractivity contribution in [1.29, 1.82) is 0 Å². The average molecular weight is 369 g/mol. The van der Waals surface area contributed by atoms with Gasteiger partial charge in [0, 0.05) is 35.1 Å². The lowest BCUT2D eigenvalue weighted by Crippen LogP contribution is -2.22. The van der Waals surface area contributed by atoms with Crippen LogP contribution in [0.5, 0.6) is 5.75 Å². The second kappa shape index (κ2) is 7.44. The van der Waals surface area contributed by atoms with E-state index in [-0.39, 0.29) is 0 Å². The lowest BCUT2D eigenvalue weighted by molar-refractivity contribution is -0.0914. The Morgan fingerprint density at radius 2 is 2.04 bits per heavy atom. The summed E-state index contributed by atoms with van der Waals surface area (Å²) in [6, 6.07) is 14.0. The van der Waals surface area contributed by atoms with E-state index in [4.69, 9.17) is 21.2 Å². The number of hydroxylamine groups is 2. The third-order valence-electron chi connectivity index (χ3n) is 4.67. The van der Waals surface area contributed by atoms with Crippen molar-refractivity contribution in [2.75, 3.05) is 20.2 Å². The quantitative estimate of drug-likeness (QED) is 0.682. The first-order chi connectivity index (χ1) is 12.7. The van der Waals surface area contributed by atoms with Gasteiger partial charge in [0.1, 0.15) is 11.5 Å². The number of nitrogens with one attached hydrogen (secondary N) is 1. The third kappa shape index (κ3) is 3.71. The predicted molar refractivity (Wildman–Crippen MR) is 104 cm³/mol. The minimum Gasteiger partial charge on any atom is -0.497 e. The van der Waals surface area contributed by atoms with E-state index in [1.807, 2.05) is 35.4 Å². The zero-order chi connectivity index (χ0) is 17.9. The van der Waals surface area contributed by atoms with Gasteiger partial charge in [-0.3, -0.25) is 0 Å². The van der Waals surface area contributed by atoms with Crippen LogP contribution in [0.4, 0.5) is 0 Å². The van der Waals surface area contributed by atoms with Crippen molar-refractivity contribution < 1.29 is 9.57 Å². The molecule has 1 aromatic heterocycles. The highest BCUT2D eigenvalue weighted by Gasteiger charge is 2.16. The first kappa shape index (κ1) is 17.0. The maximum Gasteiger partial charge on any atom is 0.126 e. The second-order valence-electron chi connectivity index (χ2n) is 6.43. The number of aromatic amines is 1. The normalized spacial score (nSPS) is 14.5. The van der Waals surface area contributed by atoms with E-state index in [0.29, 0.717) is 0 Å². The van der Waals surface area contributed by atoms with Gasteiger partial charge in [-0.15, -0.1) is 5.06 Å². The SMILES string of the molecule is COc1ccc(CC2=CCN(CCc3c[nH]c4ccc(Cl)cc34)O2)cc1. The van der Waals surface area contributed by atoms with Gasteiger partial charge in [0.05, 0.1) is 13.7 Å². The van der Waals surface area contributed by atoms with Gasteiger partial charge in [-0.25, -0.2) is 0 Å². The molecule has 2 aromatic carbocycles. The van der Waals surface area contributed by atoms with Gasteiger partial charge in [0.25, 0.3) is 0 Å². The molecule has 0 bridgehead atoms. The molecule has 26 heavy (non-hydrogen) atoms.